The smallest absolute Gasteiger partial charge is 0.223 e. The molecule has 0 fully saturated rings. The third-order valence-corrected chi connectivity index (χ3v) is 13.9. The van der Waals surface area contributed by atoms with Crippen molar-refractivity contribution in [2.45, 2.75) is 0 Å². The summed E-state index contributed by atoms with van der Waals surface area (Å²) in [6, 6.07) is 25.1. The first-order chi connectivity index (χ1) is 31.4. The Balaban J connectivity index is 0.000000126. The van der Waals surface area contributed by atoms with Crippen LogP contribution in [0.1, 0.15) is 57.5 Å². The van der Waals surface area contributed by atoms with Gasteiger partial charge in [0.25, 0.3) is 0 Å². The molecule has 0 bridgehead atoms. The van der Waals surface area contributed by atoms with Crippen molar-refractivity contribution in [3.8, 4) is 16.8 Å². The number of H-pyrrole nitrogens is 3. The maximum Gasteiger partial charge on any atom is 0.223 e. The Morgan fingerprint density at radius 2 is 1.14 bits per heavy atom. The predicted molar refractivity (Wildman–Crippen MR) is 264 cm³/mol. The van der Waals surface area contributed by atoms with E-state index in [9.17, 15) is 14.4 Å². The van der Waals surface area contributed by atoms with Crippen LogP contribution >= 0.6 is 69.7 Å². The molecule has 11 rings (SSSR count). The SMILES string of the molecule is N#Cc1csc(C(=O)c2c[nH]c3ccccc23)n1.NCCS.O=C(c1nc(-c2nccs2)cs1)c1c[nH]c2ccccc12.O=C(c1nc(C2=NCCS2)cs1)c1c[nH]c2ccccc12. The number of nitriles is 1. The summed E-state index contributed by atoms with van der Waals surface area (Å²) in [6.45, 7) is 1.52. The van der Waals surface area contributed by atoms with Gasteiger partial charge in [-0.05, 0) is 18.2 Å². The zero-order valence-corrected chi connectivity index (χ0v) is 38.3. The highest BCUT2D eigenvalue weighted by atomic mass is 32.2. The van der Waals surface area contributed by atoms with E-state index < -0.39 is 0 Å². The highest BCUT2D eigenvalue weighted by molar-refractivity contribution is 8.14. The number of aliphatic imine (C=N–C) groups is 1. The van der Waals surface area contributed by atoms with Gasteiger partial charge in [0.1, 0.15) is 27.5 Å². The van der Waals surface area contributed by atoms with E-state index in [1.807, 2.05) is 95.0 Å². The molecule has 0 radical (unpaired) electrons. The monoisotopic (exact) mass is 954 g/mol. The quantitative estimate of drug-likeness (QED) is 0.0682. The Labute approximate surface area is 391 Å². The van der Waals surface area contributed by atoms with Gasteiger partial charge in [-0.25, -0.2) is 19.9 Å². The van der Waals surface area contributed by atoms with Gasteiger partial charge in [0.2, 0.25) is 17.3 Å². The molecule has 0 saturated carbocycles. The molecule has 0 saturated heterocycles. The Morgan fingerprint density at radius 3 is 1.58 bits per heavy atom. The van der Waals surface area contributed by atoms with Gasteiger partial charge >= 0.3 is 0 Å². The number of carbonyl (C=O) groups is 3. The molecule has 0 spiro atoms. The summed E-state index contributed by atoms with van der Waals surface area (Å²) in [5.41, 5.74) is 11.6. The average molecular weight is 955 g/mol. The third kappa shape index (κ3) is 9.88. The van der Waals surface area contributed by atoms with Crippen molar-refractivity contribution in [3.05, 3.63) is 162 Å². The zero-order valence-electron chi connectivity index (χ0n) is 33.3. The second kappa shape index (κ2) is 20.9. The number of hydrogen-bond donors (Lipinski definition) is 5. The molecule has 0 unspecified atom stereocenters. The molecule has 13 nitrogen and oxygen atoms in total. The van der Waals surface area contributed by atoms with Crippen LogP contribution in [0.3, 0.4) is 0 Å². The summed E-state index contributed by atoms with van der Waals surface area (Å²) >= 11 is 10.9. The first-order valence-corrected chi connectivity index (χ1v) is 24.5. The van der Waals surface area contributed by atoms with E-state index in [1.54, 1.807) is 41.9 Å². The van der Waals surface area contributed by atoms with Gasteiger partial charge in [-0.2, -0.15) is 17.9 Å². The Bertz CT molecular complexity index is 3290. The van der Waals surface area contributed by atoms with Crippen LogP contribution in [0.4, 0.5) is 0 Å². The topological polar surface area (TPSA) is 212 Å². The summed E-state index contributed by atoms with van der Waals surface area (Å²) in [4.78, 5) is 68.3. The Morgan fingerprint density at radius 1 is 0.672 bits per heavy atom. The van der Waals surface area contributed by atoms with Gasteiger partial charge in [0, 0.05) is 104 Å². The molecule has 3 aromatic carbocycles. The standard InChI is InChI=1S/C15H11N3OS2.C15H9N3OS2.C13H7N3OS.C2H7NS/c2*19-13(10-7-17-11-4-2-1-3-9(10)11)15-18-12(8-21-15)14-16-5-6-20-14;14-5-8-7-18-13(16-8)12(17)10-6-15-11-4-2-1-3-9(10)11;3-1-2-4/h1-4,7-8,17H,5-6H2;1-8,17H;1-4,6-7,15H;4H,1-3H2. The molecule has 7 aromatic heterocycles. The molecular weight excluding hydrogens is 921 g/mol. The van der Waals surface area contributed by atoms with E-state index in [4.69, 9.17) is 11.0 Å². The molecule has 1 aliphatic rings. The fourth-order valence-corrected chi connectivity index (χ4v) is 10.1. The fourth-order valence-electron chi connectivity index (χ4n) is 6.35. The highest BCUT2D eigenvalue weighted by Crippen LogP contribution is 2.28. The van der Waals surface area contributed by atoms with Crippen LogP contribution in [0.2, 0.25) is 0 Å². The number of aromatic nitrogens is 7. The number of benzene rings is 3. The first-order valence-electron chi connectivity index (χ1n) is 19.3. The fraction of sp³-hybridized carbons (Fsp3) is 0.0889. The van der Waals surface area contributed by atoms with E-state index in [0.29, 0.717) is 38.3 Å². The van der Waals surface area contributed by atoms with Gasteiger partial charge in [0.15, 0.2) is 20.7 Å². The minimum atomic E-state index is -0.154. The number of aromatic amines is 3. The van der Waals surface area contributed by atoms with E-state index >= 15 is 0 Å². The summed E-state index contributed by atoms with van der Waals surface area (Å²) in [5, 5.41) is 21.9. The number of fused-ring (bicyclic) bond motifs is 3. The molecular formula is C45H34N10O3S6. The van der Waals surface area contributed by atoms with Crippen LogP contribution in [-0.4, -0.2) is 81.9 Å². The number of thiol groups is 1. The van der Waals surface area contributed by atoms with Crippen LogP contribution in [0.5, 0.6) is 0 Å². The number of ketones is 3. The summed E-state index contributed by atoms with van der Waals surface area (Å²) in [7, 11) is 0. The second-order valence-corrected chi connectivity index (χ2v) is 18.3. The van der Waals surface area contributed by atoms with Crippen LogP contribution < -0.4 is 5.73 Å². The van der Waals surface area contributed by atoms with E-state index in [2.05, 4.69) is 52.5 Å². The molecule has 318 valence electrons. The third-order valence-electron chi connectivity index (χ3n) is 9.30. The normalized spacial score (nSPS) is 11.8. The number of hydrogen-bond acceptors (Lipinski definition) is 16. The molecule has 0 aliphatic carbocycles. The van der Waals surface area contributed by atoms with Gasteiger partial charge in [-0.1, -0.05) is 54.6 Å². The molecule has 64 heavy (non-hydrogen) atoms. The minimum Gasteiger partial charge on any atom is -0.360 e. The number of thioether (sulfide) groups is 1. The summed E-state index contributed by atoms with van der Waals surface area (Å²) < 4.78 is 0. The Hall–Kier alpha value is -6.37. The predicted octanol–water partition coefficient (Wildman–Crippen LogP) is 9.93. The summed E-state index contributed by atoms with van der Waals surface area (Å²) in [6.07, 6.45) is 6.92. The number of thiazole rings is 4. The van der Waals surface area contributed by atoms with Crippen molar-refractivity contribution in [1.82, 2.24) is 34.9 Å². The molecule has 19 heteroatoms. The molecule has 1 aliphatic heterocycles. The Kier molecular flexibility index (Phi) is 14.4. The number of para-hydroxylation sites is 3. The largest absolute Gasteiger partial charge is 0.360 e. The molecule has 8 heterocycles. The van der Waals surface area contributed by atoms with Crippen LogP contribution in [-0.2, 0) is 0 Å². The van der Waals surface area contributed by atoms with E-state index in [-0.39, 0.29) is 23.0 Å². The second-order valence-electron chi connectivity index (χ2n) is 13.3. The number of nitrogens with two attached hydrogens (primary N) is 1. The highest BCUT2D eigenvalue weighted by Gasteiger charge is 2.21. The lowest BCUT2D eigenvalue weighted by Crippen LogP contribution is -2.01. The lowest BCUT2D eigenvalue weighted by molar-refractivity contribution is 0.103. The molecule has 10 aromatic rings. The first kappa shape index (κ1) is 44.2. The lowest BCUT2D eigenvalue weighted by Gasteiger charge is -1.95. The maximum absolute atomic E-state index is 12.6. The molecule has 0 atom stereocenters. The van der Waals surface area contributed by atoms with Gasteiger partial charge in [0.05, 0.1) is 16.7 Å². The number of rotatable bonds is 9. The number of carbonyl (C=O) groups excluding carboxylic acids is 3. The van der Waals surface area contributed by atoms with Crippen molar-refractivity contribution >= 4 is 125 Å². The van der Waals surface area contributed by atoms with Crippen molar-refractivity contribution in [2.75, 3.05) is 24.6 Å². The van der Waals surface area contributed by atoms with Crippen molar-refractivity contribution in [3.63, 3.8) is 0 Å². The van der Waals surface area contributed by atoms with Crippen LogP contribution in [0, 0.1) is 11.3 Å². The van der Waals surface area contributed by atoms with Crippen molar-refractivity contribution in [2.24, 2.45) is 10.7 Å². The van der Waals surface area contributed by atoms with Crippen molar-refractivity contribution < 1.29 is 14.4 Å². The van der Waals surface area contributed by atoms with Gasteiger partial charge < -0.3 is 20.7 Å². The lowest BCUT2D eigenvalue weighted by atomic mass is 10.1. The molecule has 0 amide bonds. The average Bonchev–Trinajstić information content (AvgIpc) is 4.19. The van der Waals surface area contributed by atoms with Crippen LogP contribution in [0.25, 0.3) is 43.4 Å². The maximum atomic E-state index is 12.6. The van der Waals surface area contributed by atoms with Gasteiger partial charge in [-0.3, -0.25) is 19.4 Å². The van der Waals surface area contributed by atoms with Gasteiger partial charge in [-0.15, -0.1) is 57.1 Å². The zero-order chi connectivity index (χ0) is 44.4. The van der Waals surface area contributed by atoms with E-state index in [0.717, 1.165) is 72.2 Å². The van der Waals surface area contributed by atoms with Crippen molar-refractivity contribution in [1.29, 1.82) is 5.26 Å². The summed E-state index contributed by atoms with van der Waals surface area (Å²) in [5.74, 6) is 1.55. The van der Waals surface area contributed by atoms with Crippen LogP contribution in [0.15, 0.2) is 124 Å². The number of nitrogens with zero attached hydrogens (tertiary/aromatic N) is 6. The van der Waals surface area contributed by atoms with E-state index in [1.165, 1.54) is 45.3 Å². The minimum absolute atomic E-state index is 0.0349. The molecule has 5 N–H and O–H groups in total. The number of nitrogens with one attached hydrogen (secondary N) is 3.